The van der Waals surface area contributed by atoms with Crippen LogP contribution in [0.2, 0.25) is 5.02 Å². The van der Waals surface area contributed by atoms with Crippen molar-refractivity contribution in [3.8, 4) is 11.8 Å². The Morgan fingerprint density at radius 3 is 2.74 bits per heavy atom. The zero-order chi connectivity index (χ0) is 23.6. The minimum atomic E-state index is 0.375. The van der Waals surface area contributed by atoms with Gasteiger partial charge in [0.1, 0.15) is 12.7 Å². The number of aromatic nitrogens is 5. The number of fused-ring (bicyclic) bond motifs is 1. The Bertz CT molecular complexity index is 1230. The van der Waals surface area contributed by atoms with Gasteiger partial charge >= 0.3 is 0 Å². The predicted octanol–water partition coefficient (Wildman–Crippen LogP) is 3.86. The lowest BCUT2D eigenvalue weighted by Crippen LogP contribution is -2.16. The fourth-order valence-electron chi connectivity index (χ4n) is 3.72. The SMILES string of the molecule is N#CCc1cc(Cl)cc(CNCCCCOCCNc2cc(-n3cnnc3)cc3[nH]ncc23)c1. The van der Waals surface area contributed by atoms with E-state index >= 15 is 0 Å². The van der Waals surface area contributed by atoms with Gasteiger partial charge in [0.05, 0.1) is 36.5 Å². The number of ether oxygens (including phenoxy) is 1. The summed E-state index contributed by atoms with van der Waals surface area (Å²) in [4.78, 5) is 0. The molecule has 4 rings (SSSR count). The van der Waals surface area contributed by atoms with Crippen molar-refractivity contribution in [3.05, 3.63) is 65.3 Å². The molecule has 0 atom stereocenters. The van der Waals surface area contributed by atoms with Crippen molar-refractivity contribution >= 4 is 28.2 Å². The molecule has 0 saturated carbocycles. The summed E-state index contributed by atoms with van der Waals surface area (Å²) in [7, 11) is 0. The molecule has 2 heterocycles. The Labute approximate surface area is 203 Å². The Balaban J connectivity index is 1.12. The molecule has 0 amide bonds. The van der Waals surface area contributed by atoms with E-state index in [1.807, 2.05) is 35.0 Å². The molecule has 0 fully saturated rings. The molecule has 4 aromatic rings. The van der Waals surface area contributed by atoms with Crippen LogP contribution in [0.3, 0.4) is 0 Å². The van der Waals surface area contributed by atoms with Gasteiger partial charge in [0.15, 0.2) is 0 Å². The Kier molecular flexibility index (Phi) is 8.46. The maximum absolute atomic E-state index is 8.86. The van der Waals surface area contributed by atoms with E-state index in [0.29, 0.717) is 31.2 Å². The van der Waals surface area contributed by atoms with Crippen molar-refractivity contribution in [1.29, 1.82) is 5.26 Å². The summed E-state index contributed by atoms with van der Waals surface area (Å²) in [6.45, 7) is 3.67. The molecule has 0 aliphatic carbocycles. The third kappa shape index (κ3) is 6.54. The van der Waals surface area contributed by atoms with Crippen molar-refractivity contribution in [2.24, 2.45) is 0 Å². The number of unbranched alkanes of at least 4 members (excludes halogenated alkanes) is 1. The molecule has 0 radical (unpaired) electrons. The molecule has 34 heavy (non-hydrogen) atoms. The van der Waals surface area contributed by atoms with Crippen LogP contribution in [0.4, 0.5) is 5.69 Å². The molecule has 2 aromatic carbocycles. The zero-order valence-corrected chi connectivity index (χ0v) is 19.6. The molecule has 0 aliphatic heterocycles. The number of nitrogens with one attached hydrogen (secondary N) is 3. The second-order valence-electron chi connectivity index (χ2n) is 7.92. The third-order valence-corrected chi connectivity index (χ3v) is 5.56. The van der Waals surface area contributed by atoms with Gasteiger partial charge in [-0.3, -0.25) is 9.67 Å². The standard InChI is InChI=1S/C24H27ClN8O/c25-20-10-18(3-4-26)9-19(11-20)14-27-5-1-2-7-34-8-6-28-23-12-21(33-16-30-31-17-33)13-24-22(23)15-29-32-24/h9-13,15-17,27-28H,1-3,5-8,14H2,(H,29,32). The summed E-state index contributed by atoms with van der Waals surface area (Å²) in [6.07, 6.45) is 7.53. The first-order valence-electron chi connectivity index (χ1n) is 11.2. The lowest BCUT2D eigenvalue weighted by molar-refractivity contribution is 0.140. The highest BCUT2D eigenvalue weighted by Crippen LogP contribution is 2.25. The average Bonchev–Trinajstić information content (AvgIpc) is 3.52. The number of hydrogen-bond acceptors (Lipinski definition) is 7. The van der Waals surface area contributed by atoms with Gasteiger partial charge in [-0.2, -0.15) is 10.4 Å². The first-order chi connectivity index (χ1) is 16.7. The number of aromatic amines is 1. The topological polar surface area (TPSA) is 116 Å². The highest BCUT2D eigenvalue weighted by molar-refractivity contribution is 6.30. The maximum Gasteiger partial charge on any atom is 0.123 e. The average molecular weight is 479 g/mol. The van der Waals surface area contributed by atoms with Gasteiger partial charge in [-0.1, -0.05) is 17.7 Å². The number of halogens is 1. The molecule has 176 valence electrons. The number of nitriles is 1. The second-order valence-corrected chi connectivity index (χ2v) is 8.36. The van der Waals surface area contributed by atoms with Gasteiger partial charge in [-0.05, 0) is 54.8 Å². The minimum absolute atomic E-state index is 0.375. The number of H-pyrrole nitrogens is 1. The molecular weight excluding hydrogens is 452 g/mol. The molecule has 0 spiro atoms. The van der Waals surface area contributed by atoms with Crippen LogP contribution in [0.25, 0.3) is 16.6 Å². The van der Waals surface area contributed by atoms with E-state index in [1.165, 1.54) is 0 Å². The Morgan fingerprint density at radius 2 is 1.88 bits per heavy atom. The fourth-order valence-corrected chi connectivity index (χ4v) is 4.01. The van der Waals surface area contributed by atoms with Crippen LogP contribution in [-0.2, 0) is 17.7 Å². The van der Waals surface area contributed by atoms with Crippen LogP contribution in [0, 0.1) is 11.3 Å². The van der Waals surface area contributed by atoms with E-state index in [-0.39, 0.29) is 0 Å². The van der Waals surface area contributed by atoms with Gasteiger partial charge in [0.2, 0.25) is 0 Å². The zero-order valence-electron chi connectivity index (χ0n) is 18.8. The lowest BCUT2D eigenvalue weighted by atomic mass is 10.1. The van der Waals surface area contributed by atoms with Crippen LogP contribution < -0.4 is 10.6 Å². The van der Waals surface area contributed by atoms with E-state index in [4.69, 9.17) is 21.6 Å². The van der Waals surface area contributed by atoms with E-state index in [1.54, 1.807) is 12.7 Å². The van der Waals surface area contributed by atoms with Crippen molar-refractivity contribution in [1.82, 2.24) is 30.3 Å². The van der Waals surface area contributed by atoms with E-state index in [0.717, 1.165) is 59.3 Å². The van der Waals surface area contributed by atoms with E-state index in [9.17, 15) is 0 Å². The van der Waals surface area contributed by atoms with Crippen molar-refractivity contribution in [2.75, 3.05) is 31.6 Å². The monoisotopic (exact) mass is 478 g/mol. The molecule has 2 aromatic heterocycles. The van der Waals surface area contributed by atoms with Crippen LogP contribution in [0.15, 0.2) is 49.2 Å². The summed E-state index contributed by atoms with van der Waals surface area (Å²) in [5.74, 6) is 0. The Morgan fingerprint density at radius 1 is 1.03 bits per heavy atom. The second kappa shape index (κ2) is 12.1. The van der Waals surface area contributed by atoms with E-state index in [2.05, 4.69) is 43.2 Å². The predicted molar refractivity (Wildman–Crippen MR) is 132 cm³/mol. The fraction of sp³-hybridized carbons (Fsp3) is 0.333. The maximum atomic E-state index is 8.86. The summed E-state index contributed by atoms with van der Waals surface area (Å²) < 4.78 is 7.64. The molecule has 3 N–H and O–H groups in total. The van der Waals surface area contributed by atoms with Gasteiger partial charge in [0, 0.05) is 35.8 Å². The highest BCUT2D eigenvalue weighted by atomic mass is 35.5. The van der Waals surface area contributed by atoms with Gasteiger partial charge in [-0.15, -0.1) is 10.2 Å². The lowest BCUT2D eigenvalue weighted by Gasteiger charge is -2.11. The number of benzene rings is 2. The highest BCUT2D eigenvalue weighted by Gasteiger charge is 2.07. The van der Waals surface area contributed by atoms with Crippen molar-refractivity contribution < 1.29 is 4.74 Å². The van der Waals surface area contributed by atoms with Crippen LogP contribution in [0.5, 0.6) is 0 Å². The molecule has 10 heteroatoms. The quantitative estimate of drug-likeness (QED) is 0.250. The molecule has 0 unspecified atom stereocenters. The van der Waals surface area contributed by atoms with Crippen molar-refractivity contribution in [3.63, 3.8) is 0 Å². The van der Waals surface area contributed by atoms with Gasteiger partial charge in [0.25, 0.3) is 0 Å². The smallest absolute Gasteiger partial charge is 0.123 e. The van der Waals surface area contributed by atoms with Gasteiger partial charge in [-0.25, -0.2) is 0 Å². The summed E-state index contributed by atoms with van der Waals surface area (Å²) in [5, 5.41) is 32.3. The molecule has 0 aliphatic rings. The van der Waals surface area contributed by atoms with Gasteiger partial charge < -0.3 is 15.4 Å². The van der Waals surface area contributed by atoms with E-state index < -0.39 is 0 Å². The first-order valence-corrected chi connectivity index (χ1v) is 11.6. The summed E-state index contributed by atoms with van der Waals surface area (Å²) in [6, 6.07) is 12.0. The van der Waals surface area contributed by atoms with Crippen LogP contribution >= 0.6 is 11.6 Å². The van der Waals surface area contributed by atoms with Crippen LogP contribution in [-0.4, -0.2) is 51.3 Å². The normalized spacial score (nSPS) is 11.1. The summed E-state index contributed by atoms with van der Waals surface area (Å²) >= 11 is 6.13. The minimum Gasteiger partial charge on any atom is -0.382 e. The number of rotatable bonds is 13. The van der Waals surface area contributed by atoms with Crippen molar-refractivity contribution in [2.45, 2.75) is 25.8 Å². The third-order valence-electron chi connectivity index (χ3n) is 5.34. The number of nitrogens with zero attached hydrogens (tertiary/aromatic N) is 5. The first kappa shape index (κ1) is 23.7. The van der Waals surface area contributed by atoms with Crippen LogP contribution in [0.1, 0.15) is 24.0 Å². The number of hydrogen-bond donors (Lipinski definition) is 3. The molecule has 0 bridgehead atoms. The Hall–Kier alpha value is -3.45. The molecular formula is C24H27ClN8O. The molecule has 0 saturated heterocycles. The molecule has 9 nitrogen and oxygen atoms in total. The largest absolute Gasteiger partial charge is 0.382 e. The number of anilines is 1. The summed E-state index contributed by atoms with van der Waals surface area (Å²) in [5.41, 5.74) is 4.94.